The van der Waals surface area contributed by atoms with E-state index in [-0.39, 0.29) is 11.3 Å². The summed E-state index contributed by atoms with van der Waals surface area (Å²) in [7, 11) is 5.70. The number of thioether (sulfide) groups is 2. The van der Waals surface area contributed by atoms with E-state index in [0.29, 0.717) is 25.3 Å². The molecular weight excluding hydrogens is 432 g/mol. The lowest BCUT2D eigenvalue weighted by molar-refractivity contribution is -0.131. The zero-order valence-electron chi connectivity index (χ0n) is 18.8. The summed E-state index contributed by atoms with van der Waals surface area (Å²) in [4.78, 5) is 16.8. The number of amides is 1. The first-order valence-electron chi connectivity index (χ1n) is 10.5. The van der Waals surface area contributed by atoms with Crippen molar-refractivity contribution in [1.82, 2.24) is 9.80 Å². The molecule has 1 aromatic heterocycles. The minimum absolute atomic E-state index is 0.00210. The minimum atomic E-state index is 0.00210. The van der Waals surface area contributed by atoms with Crippen LogP contribution in [0.5, 0.6) is 11.5 Å². The number of ether oxygens (including phenoxy) is 2. The highest BCUT2D eigenvalue weighted by atomic mass is 32.2. The molecule has 1 saturated heterocycles. The van der Waals surface area contributed by atoms with Crippen LogP contribution in [0.25, 0.3) is 0 Å². The third-order valence-electron chi connectivity index (χ3n) is 4.88. The zero-order valence-corrected chi connectivity index (χ0v) is 20.4. The largest absolute Gasteiger partial charge is 0.493 e. The fourth-order valence-corrected chi connectivity index (χ4v) is 5.57. The van der Waals surface area contributed by atoms with Gasteiger partial charge in [-0.25, -0.2) is 0 Å². The molecule has 6 nitrogen and oxygen atoms in total. The number of carbonyl (C=O) groups excluding carboxylic acids is 1. The molecule has 2 aromatic rings. The first kappa shape index (κ1) is 23.9. The van der Waals surface area contributed by atoms with E-state index in [1.165, 1.54) is 0 Å². The third-order valence-corrected chi connectivity index (χ3v) is 7.12. The number of hydrogen-bond donors (Lipinski definition) is 0. The summed E-state index contributed by atoms with van der Waals surface area (Å²) in [5.74, 6) is 6.12. The van der Waals surface area contributed by atoms with Crippen LogP contribution in [0.1, 0.15) is 35.8 Å². The molecular formula is C23H32N2O4S2. The highest BCUT2D eigenvalue weighted by Crippen LogP contribution is 2.40. The average Bonchev–Trinajstić information content (AvgIpc) is 3.18. The molecule has 1 aliphatic rings. The molecule has 0 saturated carbocycles. The molecule has 0 spiro atoms. The Morgan fingerprint density at radius 2 is 2.03 bits per heavy atom. The Morgan fingerprint density at radius 1 is 1.23 bits per heavy atom. The lowest BCUT2D eigenvalue weighted by atomic mass is 10.1. The summed E-state index contributed by atoms with van der Waals surface area (Å²) < 4.78 is 17.0. The maximum atomic E-state index is 12.7. The van der Waals surface area contributed by atoms with Crippen LogP contribution in [0, 0.1) is 0 Å². The van der Waals surface area contributed by atoms with E-state index in [0.717, 1.165) is 46.6 Å². The molecule has 170 valence electrons. The number of hydrogen-bond acceptors (Lipinski definition) is 7. The van der Waals surface area contributed by atoms with Crippen molar-refractivity contribution in [3.05, 3.63) is 47.4 Å². The van der Waals surface area contributed by atoms with Gasteiger partial charge in [-0.05, 0) is 50.8 Å². The van der Waals surface area contributed by atoms with Crippen LogP contribution in [-0.2, 0) is 17.1 Å². The Balaban J connectivity index is 1.60. The van der Waals surface area contributed by atoms with Crippen LogP contribution in [0.4, 0.5) is 0 Å². The molecule has 1 aromatic carbocycles. The van der Waals surface area contributed by atoms with Crippen molar-refractivity contribution >= 4 is 29.4 Å². The molecule has 0 bridgehead atoms. The summed E-state index contributed by atoms with van der Waals surface area (Å²) in [5.41, 5.74) is 1.08. The van der Waals surface area contributed by atoms with Crippen LogP contribution < -0.4 is 9.47 Å². The second kappa shape index (κ2) is 11.7. The normalized spacial score (nSPS) is 16.7. The van der Waals surface area contributed by atoms with Gasteiger partial charge < -0.3 is 23.7 Å². The predicted octanol–water partition coefficient (Wildman–Crippen LogP) is 4.65. The van der Waals surface area contributed by atoms with Crippen LogP contribution in [-0.4, -0.2) is 61.6 Å². The summed E-state index contributed by atoms with van der Waals surface area (Å²) in [6.07, 6.45) is 0.590. The molecule has 0 N–H and O–H groups in total. The van der Waals surface area contributed by atoms with E-state index in [1.54, 1.807) is 18.9 Å². The minimum Gasteiger partial charge on any atom is -0.493 e. The fraction of sp³-hybridized carbons (Fsp3) is 0.522. The van der Waals surface area contributed by atoms with Crippen molar-refractivity contribution in [2.24, 2.45) is 0 Å². The van der Waals surface area contributed by atoms with Gasteiger partial charge in [-0.1, -0.05) is 6.07 Å². The van der Waals surface area contributed by atoms with Gasteiger partial charge in [0.25, 0.3) is 0 Å². The molecule has 1 unspecified atom stereocenters. The van der Waals surface area contributed by atoms with E-state index >= 15 is 0 Å². The Kier molecular flexibility index (Phi) is 9.04. The quantitative estimate of drug-likeness (QED) is 0.449. The Morgan fingerprint density at radius 3 is 2.77 bits per heavy atom. The molecule has 3 rings (SSSR count). The Hall–Kier alpha value is -1.77. The zero-order chi connectivity index (χ0) is 22.2. The molecule has 0 radical (unpaired) electrons. The molecule has 1 atom stereocenters. The third kappa shape index (κ3) is 6.60. The van der Waals surface area contributed by atoms with Crippen molar-refractivity contribution in [2.75, 3.05) is 45.9 Å². The lowest BCUT2D eigenvalue weighted by Gasteiger charge is -2.35. The Bertz CT molecular complexity index is 856. The van der Waals surface area contributed by atoms with Gasteiger partial charge in [-0.15, -0.1) is 11.8 Å². The van der Waals surface area contributed by atoms with Crippen LogP contribution in [0.3, 0.4) is 0 Å². The number of carbonyl (C=O) groups is 1. The van der Waals surface area contributed by atoms with Gasteiger partial charge in [-0.3, -0.25) is 4.79 Å². The number of rotatable bonds is 11. The van der Waals surface area contributed by atoms with E-state index in [1.807, 2.05) is 68.0 Å². The topological polar surface area (TPSA) is 55.2 Å². The van der Waals surface area contributed by atoms with Crippen molar-refractivity contribution in [2.45, 2.75) is 31.0 Å². The van der Waals surface area contributed by atoms with Crippen molar-refractivity contribution in [3.63, 3.8) is 0 Å². The number of benzene rings is 1. The maximum absolute atomic E-state index is 12.7. The molecule has 8 heteroatoms. The van der Waals surface area contributed by atoms with Crippen LogP contribution in [0.2, 0.25) is 0 Å². The molecule has 1 fully saturated rings. The monoisotopic (exact) mass is 464 g/mol. The number of nitrogens with zero attached hydrogens (tertiary/aromatic N) is 2. The van der Waals surface area contributed by atoms with Crippen molar-refractivity contribution in [1.29, 1.82) is 0 Å². The summed E-state index contributed by atoms with van der Waals surface area (Å²) >= 11 is 3.60. The van der Waals surface area contributed by atoms with E-state index in [4.69, 9.17) is 13.9 Å². The van der Waals surface area contributed by atoms with Gasteiger partial charge in [0, 0.05) is 24.5 Å². The maximum Gasteiger partial charge on any atom is 0.224 e. The smallest absolute Gasteiger partial charge is 0.224 e. The van der Waals surface area contributed by atoms with Crippen LogP contribution >= 0.6 is 23.5 Å². The predicted molar refractivity (Wildman–Crippen MR) is 128 cm³/mol. The van der Waals surface area contributed by atoms with Gasteiger partial charge >= 0.3 is 0 Å². The van der Waals surface area contributed by atoms with E-state index < -0.39 is 0 Å². The second-order valence-electron chi connectivity index (χ2n) is 7.56. The molecule has 31 heavy (non-hydrogen) atoms. The second-order valence-corrected chi connectivity index (χ2v) is 9.86. The lowest BCUT2D eigenvalue weighted by Crippen LogP contribution is -2.38. The standard InChI is InChI=1S/C23H32N2O4S2/c1-5-28-21-14-17(6-9-20(21)27-4)23-25(22(26)10-12-31-23)11-13-30-16-19-8-7-18(29-19)15-24(2)3/h6-9,14,23H,5,10-13,15-16H2,1-4H3. The highest BCUT2D eigenvalue weighted by molar-refractivity contribution is 7.99. The van der Waals surface area contributed by atoms with Gasteiger partial charge in [-0.2, -0.15) is 11.8 Å². The van der Waals surface area contributed by atoms with Gasteiger partial charge in [0.05, 0.1) is 26.0 Å². The Labute approximate surface area is 193 Å². The van der Waals surface area contributed by atoms with Crippen molar-refractivity contribution < 1.29 is 18.7 Å². The molecule has 0 aliphatic carbocycles. The number of methoxy groups -OCH3 is 1. The van der Waals surface area contributed by atoms with Gasteiger partial charge in [0.1, 0.15) is 16.9 Å². The SMILES string of the molecule is CCOc1cc(C2SCCC(=O)N2CCSCc2ccc(CN(C)C)o2)ccc1OC. The summed E-state index contributed by atoms with van der Waals surface area (Å²) in [5, 5.41) is 0.00210. The summed E-state index contributed by atoms with van der Waals surface area (Å²) in [6, 6.07) is 10.1. The number of furan rings is 1. The van der Waals surface area contributed by atoms with E-state index in [9.17, 15) is 4.79 Å². The summed E-state index contributed by atoms with van der Waals surface area (Å²) in [6.45, 7) is 4.04. The average molecular weight is 465 g/mol. The van der Waals surface area contributed by atoms with Gasteiger partial charge in [0.15, 0.2) is 11.5 Å². The highest BCUT2D eigenvalue weighted by Gasteiger charge is 2.30. The molecule has 1 amide bonds. The fourth-order valence-electron chi connectivity index (χ4n) is 3.49. The molecule has 2 heterocycles. The van der Waals surface area contributed by atoms with Crippen LogP contribution in [0.15, 0.2) is 34.7 Å². The van der Waals surface area contributed by atoms with E-state index in [2.05, 4.69) is 4.90 Å². The van der Waals surface area contributed by atoms with Crippen molar-refractivity contribution in [3.8, 4) is 11.5 Å². The van der Waals surface area contributed by atoms with Gasteiger partial charge in [0.2, 0.25) is 5.91 Å². The first-order valence-corrected chi connectivity index (χ1v) is 12.7. The molecule has 1 aliphatic heterocycles. The first-order chi connectivity index (χ1) is 15.0.